The molecular formula is C8H11NOS. The van der Waals surface area contributed by atoms with Crippen LogP contribution in [-0.4, -0.2) is 15.9 Å². The molecule has 1 heterocycles. The lowest BCUT2D eigenvalue weighted by atomic mass is 10.3. The highest BCUT2D eigenvalue weighted by molar-refractivity contribution is 8.13. The monoisotopic (exact) mass is 169 g/mol. The lowest BCUT2D eigenvalue weighted by molar-refractivity contribution is 0.248. The summed E-state index contributed by atoms with van der Waals surface area (Å²) in [5.74, 6) is 0.830. The Morgan fingerprint density at radius 3 is 2.73 bits per heavy atom. The quantitative estimate of drug-likeness (QED) is 0.601. The van der Waals surface area contributed by atoms with Crippen molar-refractivity contribution in [2.75, 3.05) is 5.75 Å². The smallest absolute Gasteiger partial charge is 0.286 e. The molecule has 0 radical (unpaired) electrons. The van der Waals surface area contributed by atoms with Crippen LogP contribution >= 0.6 is 11.8 Å². The molecule has 1 rings (SSSR count). The molecule has 0 aromatic heterocycles. The molecule has 0 bridgehead atoms. The van der Waals surface area contributed by atoms with Crippen LogP contribution in [0.2, 0.25) is 0 Å². The Bertz CT molecular complexity index is 186. The van der Waals surface area contributed by atoms with Crippen molar-refractivity contribution in [1.82, 2.24) is 4.90 Å². The first-order valence-corrected chi connectivity index (χ1v) is 4.61. The van der Waals surface area contributed by atoms with Gasteiger partial charge < -0.3 is 0 Å². The van der Waals surface area contributed by atoms with Gasteiger partial charge in [-0.25, -0.2) is 0 Å². The van der Waals surface area contributed by atoms with Crippen LogP contribution in [-0.2, 0) is 0 Å². The normalized spacial score (nSPS) is 15.5. The summed E-state index contributed by atoms with van der Waals surface area (Å²) < 4.78 is 0. The van der Waals surface area contributed by atoms with E-state index in [9.17, 15) is 4.79 Å². The Kier molecular flexibility index (Phi) is 3.23. The Hall–Kier alpha value is -0.700. The first-order valence-electron chi connectivity index (χ1n) is 3.63. The predicted octanol–water partition coefficient (Wildman–Crippen LogP) is 2.59. The number of allylic oxidation sites excluding steroid dienone is 2. The van der Waals surface area contributed by atoms with Gasteiger partial charge >= 0.3 is 0 Å². The van der Waals surface area contributed by atoms with Crippen molar-refractivity contribution < 1.29 is 4.79 Å². The molecule has 1 aliphatic rings. The average Bonchev–Trinajstić information content (AvgIpc) is 2.07. The highest BCUT2D eigenvalue weighted by Crippen LogP contribution is 2.12. The van der Waals surface area contributed by atoms with Gasteiger partial charge in [-0.2, -0.15) is 0 Å². The van der Waals surface area contributed by atoms with Crippen molar-refractivity contribution in [3.05, 3.63) is 24.6 Å². The topological polar surface area (TPSA) is 20.3 Å². The van der Waals surface area contributed by atoms with E-state index < -0.39 is 0 Å². The van der Waals surface area contributed by atoms with E-state index in [4.69, 9.17) is 0 Å². The van der Waals surface area contributed by atoms with Gasteiger partial charge in [0.05, 0.1) is 0 Å². The van der Waals surface area contributed by atoms with Crippen LogP contribution in [0.4, 0.5) is 4.79 Å². The summed E-state index contributed by atoms with van der Waals surface area (Å²) in [6.07, 6.45) is 8.48. The molecule has 0 atom stereocenters. The summed E-state index contributed by atoms with van der Waals surface area (Å²) in [5.41, 5.74) is 0. The van der Waals surface area contributed by atoms with Crippen LogP contribution in [0.5, 0.6) is 0 Å². The lowest BCUT2D eigenvalue weighted by Crippen LogP contribution is -2.15. The van der Waals surface area contributed by atoms with Gasteiger partial charge in [-0.3, -0.25) is 9.69 Å². The van der Waals surface area contributed by atoms with Gasteiger partial charge in [0.2, 0.25) is 0 Å². The molecule has 0 aromatic carbocycles. The molecule has 0 N–H and O–H groups in total. The first kappa shape index (κ1) is 8.40. The van der Waals surface area contributed by atoms with E-state index in [0.29, 0.717) is 0 Å². The fourth-order valence-electron chi connectivity index (χ4n) is 0.797. The first-order chi connectivity index (χ1) is 5.34. The molecule has 0 spiro atoms. The van der Waals surface area contributed by atoms with E-state index >= 15 is 0 Å². The van der Waals surface area contributed by atoms with Crippen molar-refractivity contribution in [3.63, 3.8) is 0 Å². The van der Waals surface area contributed by atoms with E-state index in [-0.39, 0.29) is 5.24 Å². The zero-order chi connectivity index (χ0) is 8.10. The molecule has 1 aliphatic heterocycles. The van der Waals surface area contributed by atoms with E-state index in [0.717, 1.165) is 12.2 Å². The van der Waals surface area contributed by atoms with Crippen molar-refractivity contribution in [1.29, 1.82) is 0 Å². The molecule has 0 aliphatic carbocycles. The molecule has 11 heavy (non-hydrogen) atoms. The second-order valence-corrected chi connectivity index (χ2v) is 3.33. The van der Waals surface area contributed by atoms with Gasteiger partial charge in [0.15, 0.2) is 0 Å². The van der Waals surface area contributed by atoms with Crippen molar-refractivity contribution in [2.24, 2.45) is 0 Å². The molecule has 0 saturated carbocycles. The van der Waals surface area contributed by atoms with Crippen molar-refractivity contribution >= 4 is 17.0 Å². The van der Waals surface area contributed by atoms with Crippen molar-refractivity contribution in [2.45, 2.75) is 13.3 Å². The highest BCUT2D eigenvalue weighted by atomic mass is 32.2. The second kappa shape index (κ2) is 4.23. The SMILES string of the molecule is CCSC(=O)N1C=CCC=C1. The second-order valence-electron chi connectivity index (χ2n) is 2.11. The number of carbonyl (C=O) groups is 1. The van der Waals surface area contributed by atoms with Gasteiger partial charge in [0.1, 0.15) is 0 Å². The van der Waals surface area contributed by atoms with Crippen LogP contribution in [0.1, 0.15) is 13.3 Å². The van der Waals surface area contributed by atoms with Gasteiger partial charge in [0.25, 0.3) is 5.24 Å². The van der Waals surface area contributed by atoms with Crippen LogP contribution in [0, 0.1) is 0 Å². The fraction of sp³-hybridized carbons (Fsp3) is 0.375. The van der Waals surface area contributed by atoms with E-state index in [2.05, 4.69) is 0 Å². The number of carbonyl (C=O) groups excluding carboxylic acids is 1. The molecular weight excluding hydrogens is 158 g/mol. The third kappa shape index (κ3) is 2.42. The number of amides is 1. The standard InChI is InChI=1S/C8H11NOS/c1-2-11-8(10)9-6-4-3-5-7-9/h4-7H,2-3H2,1H3. The van der Waals surface area contributed by atoms with E-state index in [1.807, 2.05) is 31.5 Å². The number of hydrogen-bond donors (Lipinski definition) is 0. The largest absolute Gasteiger partial charge is 0.289 e. The lowest BCUT2D eigenvalue weighted by Gasteiger charge is -2.14. The summed E-state index contributed by atoms with van der Waals surface area (Å²) in [6, 6.07) is 0. The minimum atomic E-state index is 0.0969. The summed E-state index contributed by atoms with van der Waals surface area (Å²) in [6.45, 7) is 1.97. The maximum atomic E-state index is 11.2. The maximum absolute atomic E-state index is 11.2. The Balaban J connectivity index is 2.45. The number of thioether (sulfide) groups is 1. The highest BCUT2D eigenvalue weighted by Gasteiger charge is 2.07. The van der Waals surface area contributed by atoms with Crippen LogP contribution < -0.4 is 0 Å². The molecule has 2 nitrogen and oxygen atoms in total. The minimum Gasteiger partial charge on any atom is -0.286 e. The number of nitrogens with zero attached hydrogens (tertiary/aromatic N) is 1. The Morgan fingerprint density at radius 1 is 1.55 bits per heavy atom. The van der Waals surface area contributed by atoms with Gasteiger partial charge in [0, 0.05) is 12.4 Å². The summed E-state index contributed by atoms with van der Waals surface area (Å²) in [7, 11) is 0. The molecule has 0 unspecified atom stereocenters. The van der Waals surface area contributed by atoms with E-state index in [1.165, 1.54) is 11.8 Å². The van der Waals surface area contributed by atoms with Gasteiger partial charge in [-0.05, 0) is 12.2 Å². The molecule has 0 aromatic rings. The minimum absolute atomic E-state index is 0.0969. The fourth-order valence-corrected chi connectivity index (χ4v) is 1.31. The zero-order valence-electron chi connectivity index (χ0n) is 6.49. The molecule has 0 fully saturated rings. The maximum Gasteiger partial charge on any atom is 0.289 e. The predicted molar refractivity (Wildman–Crippen MR) is 48.3 cm³/mol. The van der Waals surface area contributed by atoms with Gasteiger partial charge in [-0.1, -0.05) is 30.8 Å². The molecule has 0 saturated heterocycles. The Labute approximate surface area is 71.0 Å². The number of rotatable bonds is 1. The van der Waals surface area contributed by atoms with E-state index in [1.54, 1.807) is 4.90 Å². The third-order valence-corrected chi connectivity index (χ3v) is 2.03. The van der Waals surface area contributed by atoms with Crippen LogP contribution in [0.3, 0.4) is 0 Å². The molecule has 3 heteroatoms. The Morgan fingerprint density at radius 2 is 2.18 bits per heavy atom. The molecule has 1 amide bonds. The zero-order valence-corrected chi connectivity index (χ0v) is 7.30. The van der Waals surface area contributed by atoms with Crippen LogP contribution in [0.15, 0.2) is 24.6 Å². The summed E-state index contributed by atoms with van der Waals surface area (Å²) >= 11 is 1.32. The third-order valence-electron chi connectivity index (χ3n) is 1.28. The number of hydrogen-bond acceptors (Lipinski definition) is 2. The average molecular weight is 169 g/mol. The van der Waals surface area contributed by atoms with Crippen LogP contribution in [0.25, 0.3) is 0 Å². The van der Waals surface area contributed by atoms with Gasteiger partial charge in [-0.15, -0.1) is 0 Å². The molecule has 60 valence electrons. The summed E-state index contributed by atoms with van der Waals surface area (Å²) in [5, 5.41) is 0.0969. The summed E-state index contributed by atoms with van der Waals surface area (Å²) in [4.78, 5) is 12.8. The van der Waals surface area contributed by atoms with Crippen molar-refractivity contribution in [3.8, 4) is 0 Å².